The monoisotopic (exact) mass is 286 g/mol. The van der Waals surface area contributed by atoms with Crippen LogP contribution in [-0.4, -0.2) is 0 Å². The number of rotatable bonds is 0. The molecule has 0 aliphatic rings. The molecule has 0 spiro atoms. The Morgan fingerprint density at radius 2 is 1.83 bits per heavy atom. The molecule has 1 rings (SSSR count). The zero-order valence-electron chi connectivity index (χ0n) is 6.24. The number of alkyl halides is 3. The topological polar surface area (TPSA) is 0 Å². The highest BCUT2D eigenvalue weighted by molar-refractivity contribution is 9.10. The van der Waals surface area contributed by atoms with Crippen LogP contribution >= 0.6 is 50.7 Å². The van der Waals surface area contributed by atoms with Gasteiger partial charge in [-0.25, -0.2) is 0 Å². The van der Waals surface area contributed by atoms with Crippen molar-refractivity contribution in [2.75, 3.05) is 0 Å². The van der Waals surface area contributed by atoms with Gasteiger partial charge in [0.15, 0.2) is 0 Å². The summed E-state index contributed by atoms with van der Waals surface area (Å²) in [6.45, 7) is 1.95. The number of hydrogen-bond acceptors (Lipinski definition) is 0. The molecule has 0 bridgehead atoms. The molecule has 0 fully saturated rings. The van der Waals surface area contributed by atoms with E-state index in [9.17, 15) is 0 Å². The molecular formula is C8H6BrCl3. The lowest BCUT2D eigenvalue weighted by Gasteiger charge is -2.14. The number of halogens is 4. The van der Waals surface area contributed by atoms with Crippen molar-refractivity contribution in [3.63, 3.8) is 0 Å². The Labute approximate surface area is 94.9 Å². The summed E-state index contributed by atoms with van der Waals surface area (Å²) in [6, 6.07) is 5.59. The zero-order chi connectivity index (χ0) is 9.35. The second kappa shape index (κ2) is 3.75. The number of aryl methyl sites for hydroxylation is 1. The summed E-state index contributed by atoms with van der Waals surface area (Å²) in [5.41, 5.74) is 1.73. The lowest BCUT2D eigenvalue weighted by atomic mass is 10.2. The van der Waals surface area contributed by atoms with Gasteiger partial charge >= 0.3 is 0 Å². The van der Waals surface area contributed by atoms with E-state index in [-0.39, 0.29) is 0 Å². The van der Waals surface area contributed by atoms with Gasteiger partial charge in [0.1, 0.15) is 0 Å². The lowest BCUT2D eigenvalue weighted by Crippen LogP contribution is -2.01. The highest BCUT2D eigenvalue weighted by Crippen LogP contribution is 2.42. The van der Waals surface area contributed by atoms with E-state index in [0.29, 0.717) is 5.56 Å². The van der Waals surface area contributed by atoms with Gasteiger partial charge in [0.25, 0.3) is 0 Å². The van der Waals surface area contributed by atoms with Crippen LogP contribution in [0.3, 0.4) is 0 Å². The summed E-state index contributed by atoms with van der Waals surface area (Å²) in [7, 11) is 0. The minimum absolute atomic E-state index is 0.674. The maximum Gasteiger partial charge on any atom is 0.217 e. The molecule has 0 aliphatic heterocycles. The third-order valence-corrected chi connectivity index (χ3v) is 3.16. The van der Waals surface area contributed by atoms with E-state index in [2.05, 4.69) is 15.9 Å². The summed E-state index contributed by atoms with van der Waals surface area (Å²) < 4.78 is -0.504. The minimum atomic E-state index is -1.36. The van der Waals surface area contributed by atoms with Crippen LogP contribution in [0.1, 0.15) is 11.1 Å². The van der Waals surface area contributed by atoms with Gasteiger partial charge in [-0.1, -0.05) is 68.9 Å². The van der Waals surface area contributed by atoms with E-state index >= 15 is 0 Å². The number of benzene rings is 1. The molecule has 0 nitrogen and oxygen atoms in total. The van der Waals surface area contributed by atoms with Gasteiger partial charge in [-0.3, -0.25) is 0 Å². The Balaban J connectivity index is 3.26. The molecule has 0 atom stereocenters. The Morgan fingerprint density at radius 3 is 2.25 bits per heavy atom. The third-order valence-electron chi connectivity index (χ3n) is 1.50. The van der Waals surface area contributed by atoms with Crippen molar-refractivity contribution in [1.82, 2.24) is 0 Å². The fourth-order valence-corrected chi connectivity index (χ4v) is 2.24. The molecule has 0 amide bonds. The van der Waals surface area contributed by atoms with E-state index in [1.165, 1.54) is 0 Å². The highest BCUT2D eigenvalue weighted by atomic mass is 79.9. The van der Waals surface area contributed by atoms with Gasteiger partial charge in [-0.05, 0) is 12.5 Å². The van der Waals surface area contributed by atoms with Crippen LogP contribution in [0.4, 0.5) is 0 Å². The predicted octanol–water partition coefficient (Wildman–Crippen LogP) is 4.58. The van der Waals surface area contributed by atoms with Crippen molar-refractivity contribution in [1.29, 1.82) is 0 Å². The average Bonchev–Trinajstić information content (AvgIpc) is 1.92. The summed E-state index contributed by atoms with van der Waals surface area (Å²) >= 11 is 20.6. The Kier molecular flexibility index (Phi) is 3.33. The first-order valence-electron chi connectivity index (χ1n) is 3.25. The van der Waals surface area contributed by atoms with Gasteiger partial charge in [-0.2, -0.15) is 0 Å². The highest BCUT2D eigenvalue weighted by Gasteiger charge is 2.25. The van der Waals surface area contributed by atoms with Crippen molar-refractivity contribution in [2.45, 2.75) is 10.7 Å². The van der Waals surface area contributed by atoms with Crippen LogP contribution in [0.5, 0.6) is 0 Å². The molecule has 0 N–H and O–H groups in total. The molecule has 0 aromatic heterocycles. The SMILES string of the molecule is Cc1cccc(C(Cl)(Cl)Cl)c1Br. The average molecular weight is 288 g/mol. The zero-order valence-corrected chi connectivity index (χ0v) is 10.1. The van der Waals surface area contributed by atoms with Crippen LogP contribution in [-0.2, 0) is 3.79 Å². The van der Waals surface area contributed by atoms with Crippen LogP contribution in [0.25, 0.3) is 0 Å². The summed E-state index contributed by atoms with van der Waals surface area (Å²) in [5.74, 6) is 0. The van der Waals surface area contributed by atoms with Gasteiger partial charge in [0.2, 0.25) is 3.79 Å². The molecule has 0 saturated heterocycles. The molecule has 1 aromatic carbocycles. The van der Waals surface area contributed by atoms with E-state index in [1.54, 1.807) is 6.07 Å². The maximum atomic E-state index is 5.74. The molecule has 1 aromatic rings. The summed E-state index contributed by atoms with van der Waals surface area (Å²) in [5, 5.41) is 0. The van der Waals surface area contributed by atoms with Crippen LogP contribution in [0.2, 0.25) is 0 Å². The van der Waals surface area contributed by atoms with Gasteiger partial charge in [0.05, 0.1) is 0 Å². The molecule has 0 aliphatic carbocycles. The second-order valence-electron chi connectivity index (χ2n) is 2.43. The Hall–Kier alpha value is 0.570. The van der Waals surface area contributed by atoms with Crippen molar-refractivity contribution in [3.05, 3.63) is 33.8 Å². The fourth-order valence-electron chi connectivity index (χ4n) is 0.866. The maximum absolute atomic E-state index is 5.74. The normalized spacial score (nSPS) is 11.8. The standard InChI is InChI=1S/C8H6BrCl3/c1-5-3-2-4-6(7(5)9)8(10,11)12/h2-4H,1H3. The lowest BCUT2D eigenvalue weighted by molar-refractivity contribution is 1.20. The summed E-state index contributed by atoms with van der Waals surface area (Å²) in [4.78, 5) is 0. The van der Waals surface area contributed by atoms with Crippen LogP contribution in [0.15, 0.2) is 22.7 Å². The molecule has 0 radical (unpaired) electrons. The minimum Gasteiger partial charge on any atom is -0.0784 e. The van der Waals surface area contributed by atoms with Crippen molar-refractivity contribution in [2.24, 2.45) is 0 Å². The van der Waals surface area contributed by atoms with E-state index < -0.39 is 3.79 Å². The predicted molar refractivity (Wildman–Crippen MR) is 58.1 cm³/mol. The number of hydrogen-bond donors (Lipinski definition) is 0. The first kappa shape index (κ1) is 10.6. The second-order valence-corrected chi connectivity index (χ2v) is 5.51. The third kappa shape index (κ3) is 2.29. The smallest absolute Gasteiger partial charge is 0.0784 e. The fraction of sp³-hybridized carbons (Fsp3) is 0.250. The quantitative estimate of drug-likeness (QED) is 0.613. The molecule has 4 heteroatoms. The first-order valence-corrected chi connectivity index (χ1v) is 5.18. The van der Waals surface area contributed by atoms with E-state index in [1.807, 2.05) is 19.1 Å². The molecule has 0 unspecified atom stereocenters. The van der Waals surface area contributed by atoms with E-state index in [4.69, 9.17) is 34.8 Å². The Morgan fingerprint density at radius 1 is 1.25 bits per heavy atom. The van der Waals surface area contributed by atoms with Gasteiger partial charge in [-0.15, -0.1) is 0 Å². The van der Waals surface area contributed by atoms with Crippen LogP contribution in [0, 0.1) is 6.92 Å². The largest absolute Gasteiger partial charge is 0.217 e. The van der Waals surface area contributed by atoms with Crippen molar-refractivity contribution >= 4 is 50.7 Å². The molecule has 12 heavy (non-hydrogen) atoms. The first-order chi connectivity index (χ1) is 5.43. The molecule has 0 heterocycles. The van der Waals surface area contributed by atoms with Crippen molar-refractivity contribution < 1.29 is 0 Å². The van der Waals surface area contributed by atoms with Gasteiger partial charge < -0.3 is 0 Å². The van der Waals surface area contributed by atoms with E-state index in [0.717, 1.165) is 10.0 Å². The summed E-state index contributed by atoms with van der Waals surface area (Å²) in [6.07, 6.45) is 0. The molecular weight excluding hydrogens is 282 g/mol. The Bertz CT molecular complexity index is 291. The van der Waals surface area contributed by atoms with Crippen LogP contribution < -0.4 is 0 Å². The molecule has 0 saturated carbocycles. The molecule has 66 valence electrons. The van der Waals surface area contributed by atoms with Gasteiger partial charge in [0, 0.05) is 10.0 Å². The van der Waals surface area contributed by atoms with Crippen molar-refractivity contribution in [3.8, 4) is 0 Å².